The van der Waals surface area contributed by atoms with Crippen LogP contribution in [-0.4, -0.2) is 28.4 Å². The first-order chi connectivity index (χ1) is 10.4. The summed E-state index contributed by atoms with van der Waals surface area (Å²) in [7, 11) is 0. The molecular weight excluding hydrogens is 292 g/mol. The normalized spacial score (nSPS) is 16.1. The fourth-order valence-electron chi connectivity index (χ4n) is 2.28. The molecule has 124 valence electrons. The number of nitrogens with two attached hydrogens (primary N) is 1. The van der Waals surface area contributed by atoms with E-state index < -0.39 is 12.5 Å². The molecule has 1 fully saturated rings. The van der Waals surface area contributed by atoms with Gasteiger partial charge in [-0.1, -0.05) is 13.8 Å². The number of halogens is 2. The van der Waals surface area contributed by atoms with Crippen LogP contribution in [0.25, 0.3) is 0 Å². The molecular formula is C14H23F2N5O. The molecule has 0 spiro atoms. The van der Waals surface area contributed by atoms with Crippen LogP contribution >= 0.6 is 0 Å². The number of alkyl halides is 2. The van der Waals surface area contributed by atoms with Crippen molar-refractivity contribution in [3.63, 3.8) is 0 Å². The number of aromatic nitrogens is 2. The highest BCUT2D eigenvalue weighted by Gasteiger charge is 2.28. The van der Waals surface area contributed by atoms with Crippen molar-refractivity contribution >= 4 is 11.7 Å². The van der Waals surface area contributed by atoms with E-state index in [1.54, 1.807) is 0 Å². The Hall–Kier alpha value is -1.70. The van der Waals surface area contributed by atoms with Crippen molar-refractivity contribution < 1.29 is 13.6 Å². The molecule has 1 atom stereocenters. The summed E-state index contributed by atoms with van der Waals surface area (Å²) < 4.78 is 27.6. The lowest BCUT2D eigenvalue weighted by Crippen LogP contribution is -2.40. The van der Waals surface area contributed by atoms with Gasteiger partial charge in [0.15, 0.2) is 0 Å². The molecule has 0 radical (unpaired) electrons. The van der Waals surface area contributed by atoms with Crippen molar-refractivity contribution in [2.75, 3.05) is 11.9 Å². The summed E-state index contributed by atoms with van der Waals surface area (Å²) in [5.74, 6) is 0.640. The average Bonchev–Trinajstić information content (AvgIpc) is 3.19. The molecule has 4 N–H and O–H groups in total. The molecule has 1 saturated carbocycles. The summed E-state index contributed by atoms with van der Waals surface area (Å²) in [5.41, 5.74) is 5.65. The highest BCUT2D eigenvalue weighted by atomic mass is 19.3. The van der Waals surface area contributed by atoms with Gasteiger partial charge in [-0.2, -0.15) is 5.10 Å². The minimum Gasteiger partial charge on any atom is -0.336 e. The van der Waals surface area contributed by atoms with E-state index in [-0.39, 0.29) is 23.3 Å². The lowest BCUT2D eigenvalue weighted by atomic mass is 10.2. The second kappa shape index (κ2) is 7.04. The fraction of sp³-hybridized carbons (Fsp3) is 0.714. The number of carbonyl (C=O) groups excluding carboxylic acids is 1. The number of carbonyl (C=O) groups is 1. The molecule has 0 aliphatic heterocycles. The number of urea groups is 1. The van der Waals surface area contributed by atoms with Crippen LogP contribution in [0.15, 0.2) is 6.20 Å². The molecule has 1 aromatic rings. The molecule has 1 heterocycles. The maximum absolute atomic E-state index is 13.2. The molecule has 1 aromatic heterocycles. The molecule has 2 rings (SSSR count). The quantitative estimate of drug-likeness (QED) is 0.722. The number of hydrogen-bond acceptors (Lipinski definition) is 3. The second-order valence-electron chi connectivity index (χ2n) is 6.16. The van der Waals surface area contributed by atoms with E-state index >= 15 is 0 Å². The van der Waals surface area contributed by atoms with Crippen LogP contribution < -0.4 is 16.4 Å². The number of hydrogen-bond donors (Lipinski definition) is 3. The van der Waals surface area contributed by atoms with Crippen molar-refractivity contribution in [3.8, 4) is 0 Å². The van der Waals surface area contributed by atoms with Gasteiger partial charge in [-0.25, -0.2) is 13.6 Å². The van der Waals surface area contributed by atoms with E-state index in [2.05, 4.69) is 15.7 Å². The Bertz CT molecular complexity index is 513. The highest BCUT2D eigenvalue weighted by molar-refractivity contribution is 5.89. The van der Waals surface area contributed by atoms with Gasteiger partial charge in [0.25, 0.3) is 6.43 Å². The Labute approximate surface area is 128 Å². The Balaban J connectivity index is 1.95. The average molecular weight is 315 g/mol. The Morgan fingerprint density at radius 1 is 1.50 bits per heavy atom. The number of rotatable bonds is 7. The Morgan fingerprint density at radius 2 is 2.18 bits per heavy atom. The summed E-state index contributed by atoms with van der Waals surface area (Å²) in [5, 5.41) is 8.98. The van der Waals surface area contributed by atoms with E-state index in [0.29, 0.717) is 19.0 Å². The van der Waals surface area contributed by atoms with Crippen molar-refractivity contribution in [2.24, 2.45) is 17.6 Å². The van der Waals surface area contributed by atoms with Gasteiger partial charge < -0.3 is 16.4 Å². The maximum atomic E-state index is 13.2. The van der Waals surface area contributed by atoms with Gasteiger partial charge in [-0.3, -0.25) is 4.68 Å². The fourth-order valence-corrected chi connectivity index (χ4v) is 2.28. The molecule has 1 aliphatic rings. The molecule has 6 nitrogen and oxygen atoms in total. The van der Waals surface area contributed by atoms with Gasteiger partial charge in [-0.15, -0.1) is 0 Å². The standard InChI is InChI=1S/C14H23F2N5O/c1-8(2)7-21-12(13(15)16)11(6-19-21)20-14(22)18-5-10(17)9-3-4-9/h6,8-10,13H,3-5,7,17H2,1-2H3,(H2,18,20,22). The minimum atomic E-state index is -2.70. The highest BCUT2D eigenvalue weighted by Crippen LogP contribution is 2.31. The summed E-state index contributed by atoms with van der Waals surface area (Å²) in [6, 6.07) is -0.619. The van der Waals surface area contributed by atoms with Gasteiger partial charge >= 0.3 is 6.03 Å². The largest absolute Gasteiger partial charge is 0.336 e. The minimum absolute atomic E-state index is 0.0353. The zero-order valence-electron chi connectivity index (χ0n) is 12.9. The van der Waals surface area contributed by atoms with Gasteiger partial charge in [0.05, 0.1) is 11.9 Å². The van der Waals surface area contributed by atoms with E-state index in [0.717, 1.165) is 12.8 Å². The smallest absolute Gasteiger partial charge is 0.319 e. The number of amides is 2. The molecule has 0 saturated heterocycles. The topological polar surface area (TPSA) is 85.0 Å². The summed E-state index contributed by atoms with van der Waals surface area (Å²) in [6.45, 7) is 4.53. The van der Waals surface area contributed by atoms with E-state index in [4.69, 9.17) is 5.73 Å². The van der Waals surface area contributed by atoms with Crippen molar-refractivity contribution in [2.45, 2.75) is 45.7 Å². The maximum Gasteiger partial charge on any atom is 0.319 e. The molecule has 22 heavy (non-hydrogen) atoms. The van der Waals surface area contributed by atoms with E-state index in [1.807, 2.05) is 13.8 Å². The molecule has 0 aromatic carbocycles. The Morgan fingerprint density at radius 3 is 2.73 bits per heavy atom. The molecule has 2 amide bonds. The molecule has 1 unspecified atom stereocenters. The van der Waals surface area contributed by atoms with Crippen LogP contribution in [-0.2, 0) is 6.54 Å². The predicted octanol–water partition coefficient (Wildman–Crippen LogP) is 2.34. The lowest BCUT2D eigenvalue weighted by Gasteiger charge is -2.13. The summed E-state index contributed by atoms with van der Waals surface area (Å²) in [4.78, 5) is 11.8. The molecule has 1 aliphatic carbocycles. The Kier molecular flexibility index (Phi) is 5.33. The SMILES string of the molecule is CC(C)Cn1ncc(NC(=O)NCC(N)C2CC2)c1C(F)F. The monoisotopic (exact) mass is 315 g/mol. The van der Waals surface area contributed by atoms with Crippen LogP contribution in [0.3, 0.4) is 0 Å². The van der Waals surface area contributed by atoms with Crippen LogP contribution in [0.2, 0.25) is 0 Å². The summed E-state index contributed by atoms with van der Waals surface area (Å²) >= 11 is 0. The lowest BCUT2D eigenvalue weighted by molar-refractivity contribution is 0.138. The number of anilines is 1. The van der Waals surface area contributed by atoms with Crippen LogP contribution in [0.5, 0.6) is 0 Å². The zero-order chi connectivity index (χ0) is 16.3. The van der Waals surface area contributed by atoms with Crippen LogP contribution in [0.1, 0.15) is 38.8 Å². The van der Waals surface area contributed by atoms with E-state index in [9.17, 15) is 13.6 Å². The molecule has 8 heteroatoms. The third kappa shape index (κ3) is 4.40. The number of nitrogens with zero attached hydrogens (tertiary/aromatic N) is 2. The van der Waals surface area contributed by atoms with Gasteiger partial charge in [0.2, 0.25) is 0 Å². The first-order valence-corrected chi connectivity index (χ1v) is 7.52. The van der Waals surface area contributed by atoms with Gasteiger partial charge in [0, 0.05) is 19.1 Å². The summed E-state index contributed by atoms with van der Waals surface area (Å²) in [6.07, 6.45) is 0.721. The van der Waals surface area contributed by atoms with E-state index in [1.165, 1.54) is 10.9 Å². The van der Waals surface area contributed by atoms with Crippen LogP contribution in [0.4, 0.5) is 19.3 Å². The van der Waals surface area contributed by atoms with Crippen molar-refractivity contribution in [1.82, 2.24) is 15.1 Å². The third-order valence-electron chi connectivity index (χ3n) is 3.60. The zero-order valence-corrected chi connectivity index (χ0v) is 12.9. The number of nitrogens with one attached hydrogen (secondary N) is 2. The first-order valence-electron chi connectivity index (χ1n) is 7.52. The van der Waals surface area contributed by atoms with Crippen molar-refractivity contribution in [1.29, 1.82) is 0 Å². The van der Waals surface area contributed by atoms with Crippen molar-refractivity contribution in [3.05, 3.63) is 11.9 Å². The molecule has 0 bridgehead atoms. The second-order valence-corrected chi connectivity index (χ2v) is 6.16. The van der Waals surface area contributed by atoms with Gasteiger partial charge in [0.1, 0.15) is 5.69 Å². The third-order valence-corrected chi connectivity index (χ3v) is 3.60. The first kappa shape index (κ1) is 16.7. The van der Waals surface area contributed by atoms with Crippen LogP contribution in [0, 0.1) is 11.8 Å². The van der Waals surface area contributed by atoms with Gasteiger partial charge in [-0.05, 0) is 24.7 Å². The predicted molar refractivity (Wildman–Crippen MR) is 79.7 cm³/mol.